The Bertz CT molecular complexity index is 1020. The normalized spacial score (nSPS) is 18.1. The van der Waals surface area contributed by atoms with E-state index in [9.17, 15) is 14.7 Å². The van der Waals surface area contributed by atoms with Crippen molar-refractivity contribution in [2.75, 3.05) is 19.7 Å². The molecule has 31 heavy (non-hydrogen) atoms. The van der Waals surface area contributed by atoms with Crippen molar-refractivity contribution in [1.82, 2.24) is 9.88 Å². The molecule has 7 heteroatoms. The zero-order chi connectivity index (χ0) is 22.0. The first kappa shape index (κ1) is 21.1. The Labute approximate surface area is 181 Å². The quantitative estimate of drug-likeness (QED) is 0.583. The molecular formula is C24H26N2O5. The number of fused-ring (bicyclic) bond motifs is 1. The summed E-state index contributed by atoms with van der Waals surface area (Å²) in [4.78, 5) is 31.4. The third-order valence-electron chi connectivity index (χ3n) is 5.78. The van der Waals surface area contributed by atoms with E-state index >= 15 is 0 Å². The van der Waals surface area contributed by atoms with E-state index in [0.29, 0.717) is 67.2 Å². The van der Waals surface area contributed by atoms with Crippen molar-refractivity contribution in [2.24, 2.45) is 5.92 Å². The van der Waals surface area contributed by atoms with Crippen molar-refractivity contribution in [1.29, 1.82) is 0 Å². The Kier molecular flexibility index (Phi) is 6.04. The second-order valence-corrected chi connectivity index (χ2v) is 7.89. The number of rotatable bonds is 5. The molecule has 0 bridgehead atoms. The SMILES string of the molecule is CCOC(=O)C1CCN(Cc2c(O)cc(C)c3c2O/C(=C/c2ccccn2)C3=O)CC1. The van der Waals surface area contributed by atoms with Crippen LogP contribution in [0.4, 0.5) is 0 Å². The Morgan fingerprint density at radius 1 is 1.35 bits per heavy atom. The molecule has 0 unspecified atom stereocenters. The van der Waals surface area contributed by atoms with Crippen LogP contribution < -0.4 is 4.74 Å². The van der Waals surface area contributed by atoms with Gasteiger partial charge in [-0.2, -0.15) is 0 Å². The van der Waals surface area contributed by atoms with E-state index in [1.54, 1.807) is 37.4 Å². The molecule has 3 heterocycles. The first-order chi connectivity index (χ1) is 15.0. The van der Waals surface area contributed by atoms with Crippen LogP contribution in [0, 0.1) is 12.8 Å². The number of Topliss-reactive ketones (excluding diaryl/α,β-unsaturated/α-hetero) is 1. The van der Waals surface area contributed by atoms with Crippen molar-refractivity contribution >= 4 is 17.8 Å². The van der Waals surface area contributed by atoms with Gasteiger partial charge in [0, 0.05) is 18.8 Å². The predicted octanol–water partition coefficient (Wildman–Crippen LogP) is 3.49. The number of phenolic OH excluding ortho intramolecular Hbond substituents is 1. The van der Waals surface area contributed by atoms with Crippen LogP contribution >= 0.6 is 0 Å². The van der Waals surface area contributed by atoms with Crippen molar-refractivity contribution in [3.63, 3.8) is 0 Å². The molecule has 2 aliphatic rings. The second-order valence-electron chi connectivity index (χ2n) is 7.89. The zero-order valence-corrected chi connectivity index (χ0v) is 17.8. The Morgan fingerprint density at radius 3 is 2.81 bits per heavy atom. The van der Waals surface area contributed by atoms with Gasteiger partial charge in [-0.1, -0.05) is 6.07 Å². The number of carbonyl (C=O) groups excluding carboxylic acids is 2. The highest BCUT2D eigenvalue weighted by atomic mass is 16.5. The second kappa shape index (κ2) is 8.89. The topological polar surface area (TPSA) is 89.0 Å². The molecule has 162 valence electrons. The number of carbonyl (C=O) groups is 2. The van der Waals surface area contributed by atoms with Gasteiger partial charge >= 0.3 is 5.97 Å². The summed E-state index contributed by atoms with van der Waals surface area (Å²) in [7, 11) is 0. The zero-order valence-electron chi connectivity index (χ0n) is 17.8. The molecule has 0 saturated carbocycles. The maximum absolute atomic E-state index is 13.0. The number of esters is 1. The summed E-state index contributed by atoms with van der Waals surface area (Å²) >= 11 is 0. The molecule has 1 fully saturated rings. The summed E-state index contributed by atoms with van der Waals surface area (Å²) in [6.07, 6.45) is 4.69. The van der Waals surface area contributed by atoms with Crippen LogP contribution in [0.3, 0.4) is 0 Å². The minimum atomic E-state index is -0.208. The lowest BCUT2D eigenvalue weighted by molar-refractivity contribution is -0.149. The van der Waals surface area contributed by atoms with Gasteiger partial charge in [0.15, 0.2) is 5.76 Å². The minimum absolute atomic E-state index is 0.0840. The third-order valence-corrected chi connectivity index (χ3v) is 5.78. The molecule has 0 amide bonds. The summed E-state index contributed by atoms with van der Waals surface area (Å²) in [6, 6.07) is 7.06. The lowest BCUT2D eigenvalue weighted by Gasteiger charge is -2.31. The van der Waals surface area contributed by atoms with Crippen molar-refractivity contribution in [2.45, 2.75) is 33.2 Å². The summed E-state index contributed by atoms with van der Waals surface area (Å²) in [5, 5.41) is 10.6. The molecule has 0 atom stereocenters. The van der Waals surface area contributed by atoms with Gasteiger partial charge in [-0.15, -0.1) is 0 Å². The average Bonchev–Trinajstić information content (AvgIpc) is 3.09. The van der Waals surface area contributed by atoms with Crippen LogP contribution in [0.1, 0.15) is 46.9 Å². The summed E-state index contributed by atoms with van der Waals surface area (Å²) in [5.41, 5.74) is 2.37. The number of phenols is 1. The van der Waals surface area contributed by atoms with E-state index in [-0.39, 0.29) is 29.2 Å². The standard InChI is InChI=1S/C24H26N2O5/c1-3-30-24(29)16-7-10-26(11-8-16)14-18-19(27)12-15(2)21-22(28)20(31-23(18)21)13-17-6-4-5-9-25-17/h4-6,9,12-13,16,27H,3,7-8,10-11,14H2,1-2H3/b20-13+. The monoisotopic (exact) mass is 422 g/mol. The number of benzene rings is 1. The number of aromatic hydroxyl groups is 1. The number of hydrogen-bond donors (Lipinski definition) is 1. The fourth-order valence-corrected chi connectivity index (χ4v) is 4.14. The van der Waals surface area contributed by atoms with E-state index in [1.807, 2.05) is 13.0 Å². The maximum Gasteiger partial charge on any atom is 0.309 e. The third kappa shape index (κ3) is 4.32. The fraction of sp³-hybridized carbons (Fsp3) is 0.375. The minimum Gasteiger partial charge on any atom is -0.507 e. The number of aromatic nitrogens is 1. The molecule has 1 N–H and O–H groups in total. The number of pyridine rings is 1. The highest BCUT2D eigenvalue weighted by Crippen LogP contribution is 2.42. The van der Waals surface area contributed by atoms with Gasteiger partial charge in [0.25, 0.3) is 0 Å². The van der Waals surface area contributed by atoms with E-state index in [2.05, 4.69) is 9.88 Å². The largest absolute Gasteiger partial charge is 0.507 e. The Balaban J connectivity index is 1.55. The van der Waals surface area contributed by atoms with Gasteiger partial charge in [0.05, 0.1) is 29.3 Å². The first-order valence-electron chi connectivity index (χ1n) is 10.6. The number of likely N-dealkylation sites (tertiary alicyclic amines) is 1. The van der Waals surface area contributed by atoms with E-state index in [0.717, 1.165) is 0 Å². The Morgan fingerprint density at radius 2 is 2.13 bits per heavy atom. The van der Waals surface area contributed by atoms with Crippen LogP contribution in [-0.4, -0.2) is 46.4 Å². The van der Waals surface area contributed by atoms with Gasteiger partial charge in [-0.05, 0) is 63.5 Å². The van der Waals surface area contributed by atoms with Crippen molar-refractivity contribution in [3.05, 3.63) is 58.6 Å². The molecule has 0 spiro atoms. The number of piperidine rings is 1. The van der Waals surface area contributed by atoms with Gasteiger partial charge in [-0.3, -0.25) is 19.5 Å². The van der Waals surface area contributed by atoms with E-state index in [4.69, 9.17) is 9.47 Å². The summed E-state index contributed by atoms with van der Waals surface area (Å²) < 4.78 is 11.1. The number of hydrogen-bond acceptors (Lipinski definition) is 7. The molecule has 7 nitrogen and oxygen atoms in total. The lowest BCUT2D eigenvalue weighted by atomic mass is 9.95. The summed E-state index contributed by atoms with van der Waals surface area (Å²) in [5.74, 6) is 0.289. The number of allylic oxidation sites excluding steroid dienone is 1. The number of ether oxygens (including phenoxy) is 2. The van der Waals surface area contributed by atoms with Gasteiger partial charge in [0.1, 0.15) is 11.5 Å². The molecule has 0 radical (unpaired) electrons. The number of aryl methyl sites for hydroxylation is 1. The fourth-order valence-electron chi connectivity index (χ4n) is 4.14. The van der Waals surface area contributed by atoms with Crippen LogP contribution in [-0.2, 0) is 16.1 Å². The molecule has 4 rings (SSSR count). The van der Waals surface area contributed by atoms with Gasteiger partial charge < -0.3 is 14.6 Å². The van der Waals surface area contributed by atoms with Crippen LogP contribution in [0.25, 0.3) is 6.08 Å². The smallest absolute Gasteiger partial charge is 0.309 e. The highest BCUT2D eigenvalue weighted by Gasteiger charge is 2.34. The Hall–Kier alpha value is -3.19. The number of nitrogens with zero attached hydrogens (tertiary/aromatic N) is 2. The first-order valence-corrected chi connectivity index (χ1v) is 10.6. The van der Waals surface area contributed by atoms with Crippen LogP contribution in [0.2, 0.25) is 0 Å². The molecule has 0 aliphatic carbocycles. The van der Waals surface area contributed by atoms with Crippen LogP contribution in [0.15, 0.2) is 36.2 Å². The molecule has 1 saturated heterocycles. The number of ketones is 1. The maximum atomic E-state index is 13.0. The van der Waals surface area contributed by atoms with Gasteiger partial charge in [-0.25, -0.2) is 0 Å². The van der Waals surface area contributed by atoms with Crippen LogP contribution in [0.5, 0.6) is 11.5 Å². The molecule has 2 aliphatic heterocycles. The average molecular weight is 422 g/mol. The van der Waals surface area contributed by atoms with E-state index in [1.165, 1.54) is 0 Å². The molecule has 1 aromatic carbocycles. The molecular weight excluding hydrogens is 396 g/mol. The van der Waals surface area contributed by atoms with Gasteiger partial charge in [0.2, 0.25) is 5.78 Å². The predicted molar refractivity (Wildman–Crippen MR) is 115 cm³/mol. The van der Waals surface area contributed by atoms with Crippen molar-refractivity contribution < 1.29 is 24.2 Å². The molecule has 2 aromatic rings. The lowest BCUT2D eigenvalue weighted by Crippen LogP contribution is -2.36. The van der Waals surface area contributed by atoms with Crippen molar-refractivity contribution in [3.8, 4) is 11.5 Å². The highest BCUT2D eigenvalue weighted by molar-refractivity contribution is 6.15. The van der Waals surface area contributed by atoms with E-state index < -0.39 is 0 Å². The summed E-state index contributed by atoms with van der Waals surface area (Å²) in [6.45, 7) is 5.84. The molecule has 1 aromatic heterocycles.